The second-order valence-corrected chi connectivity index (χ2v) is 6.58. The second-order valence-electron chi connectivity index (χ2n) is 5.63. The number of rotatable bonds is 6. The van der Waals surface area contributed by atoms with E-state index in [0.717, 1.165) is 29.6 Å². The van der Waals surface area contributed by atoms with Gasteiger partial charge in [-0.05, 0) is 23.9 Å². The van der Waals surface area contributed by atoms with Gasteiger partial charge in [0.1, 0.15) is 12.0 Å². The van der Waals surface area contributed by atoms with Crippen molar-refractivity contribution in [2.24, 2.45) is 4.99 Å². The fourth-order valence-electron chi connectivity index (χ4n) is 2.45. The number of nitrogens with one attached hydrogen (secondary N) is 1. The Balaban J connectivity index is 1.67. The Morgan fingerprint density at radius 2 is 2.08 bits per heavy atom. The minimum absolute atomic E-state index is 0.482. The van der Waals surface area contributed by atoms with Gasteiger partial charge in [-0.2, -0.15) is 0 Å². The van der Waals surface area contributed by atoms with E-state index in [0.29, 0.717) is 12.4 Å². The summed E-state index contributed by atoms with van der Waals surface area (Å²) in [5, 5.41) is 5.34. The van der Waals surface area contributed by atoms with Gasteiger partial charge in [0.15, 0.2) is 5.96 Å². The quantitative estimate of drug-likeness (QED) is 0.537. The Morgan fingerprint density at radius 1 is 1.24 bits per heavy atom. The zero-order valence-electron chi connectivity index (χ0n) is 14.5. The largest absolute Gasteiger partial charge is 0.443 e. The lowest BCUT2D eigenvalue weighted by Gasteiger charge is -2.22. The van der Waals surface area contributed by atoms with E-state index in [1.54, 1.807) is 17.6 Å². The maximum atomic E-state index is 5.55. The molecule has 0 bridgehead atoms. The number of nitrogens with zero attached hydrogens (tertiary/aromatic N) is 3. The lowest BCUT2D eigenvalue weighted by atomic mass is 10.2. The third kappa shape index (κ3) is 4.70. The Bertz CT molecular complexity index is 796. The molecule has 0 aliphatic carbocycles. The first kappa shape index (κ1) is 17.2. The molecule has 0 atom stereocenters. The van der Waals surface area contributed by atoms with E-state index in [4.69, 9.17) is 4.42 Å². The minimum atomic E-state index is 0.482. The van der Waals surface area contributed by atoms with Crippen LogP contribution >= 0.6 is 11.3 Å². The SMILES string of the molecule is CCNC(=NCc1coc(-c2cccs2)n1)N(C)Cc1ccccc1. The van der Waals surface area contributed by atoms with E-state index >= 15 is 0 Å². The number of thiophene rings is 1. The molecule has 0 aliphatic rings. The van der Waals surface area contributed by atoms with E-state index in [9.17, 15) is 0 Å². The number of guanidine groups is 1. The summed E-state index contributed by atoms with van der Waals surface area (Å²) in [6, 6.07) is 14.4. The molecule has 5 nitrogen and oxygen atoms in total. The van der Waals surface area contributed by atoms with E-state index in [1.165, 1.54) is 5.56 Å². The maximum absolute atomic E-state index is 5.55. The molecule has 0 spiro atoms. The first-order valence-electron chi connectivity index (χ1n) is 8.28. The fourth-order valence-corrected chi connectivity index (χ4v) is 3.11. The lowest BCUT2D eigenvalue weighted by molar-refractivity contribution is 0.476. The van der Waals surface area contributed by atoms with Crippen LogP contribution in [0.4, 0.5) is 0 Å². The highest BCUT2D eigenvalue weighted by atomic mass is 32.1. The molecule has 25 heavy (non-hydrogen) atoms. The van der Waals surface area contributed by atoms with Crippen molar-refractivity contribution >= 4 is 17.3 Å². The number of hydrogen-bond donors (Lipinski definition) is 1. The summed E-state index contributed by atoms with van der Waals surface area (Å²) in [5.41, 5.74) is 2.07. The molecular formula is C19H22N4OS. The normalized spacial score (nSPS) is 11.5. The molecule has 1 N–H and O–H groups in total. The topological polar surface area (TPSA) is 53.7 Å². The number of oxazole rings is 1. The van der Waals surface area contributed by atoms with Crippen molar-refractivity contribution in [2.75, 3.05) is 13.6 Å². The van der Waals surface area contributed by atoms with Crippen LogP contribution in [0.1, 0.15) is 18.2 Å². The Kier molecular flexibility index (Phi) is 5.85. The van der Waals surface area contributed by atoms with Crippen molar-refractivity contribution in [3.05, 3.63) is 65.4 Å². The summed E-state index contributed by atoms with van der Waals surface area (Å²) >= 11 is 1.62. The van der Waals surface area contributed by atoms with Gasteiger partial charge in [0.25, 0.3) is 0 Å². The van der Waals surface area contributed by atoms with Crippen molar-refractivity contribution < 1.29 is 4.42 Å². The van der Waals surface area contributed by atoms with Crippen molar-refractivity contribution in [2.45, 2.75) is 20.0 Å². The molecule has 2 aromatic heterocycles. The Labute approximate surface area is 152 Å². The van der Waals surface area contributed by atoms with E-state index < -0.39 is 0 Å². The molecule has 0 saturated heterocycles. The average Bonchev–Trinajstić information content (AvgIpc) is 3.30. The summed E-state index contributed by atoms with van der Waals surface area (Å²) in [4.78, 5) is 12.3. The highest BCUT2D eigenvalue weighted by molar-refractivity contribution is 7.13. The molecule has 1 aromatic carbocycles. The van der Waals surface area contributed by atoms with Crippen molar-refractivity contribution in [1.82, 2.24) is 15.2 Å². The zero-order valence-corrected chi connectivity index (χ0v) is 15.3. The molecule has 2 heterocycles. The van der Waals surface area contributed by atoms with Gasteiger partial charge < -0.3 is 14.6 Å². The minimum Gasteiger partial charge on any atom is -0.443 e. The van der Waals surface area contributed by atoms with Gasteiger partial charge in [0.2, 0.25) is 5.89 Å². The Hall–Kier alpha value is -2.60. The average molecular weight is 354 g/mol. The predicted octanol–water partition coefficient (Wildman–Crippen LogP) is 4.00. The van der Waals surface area contributed by atoms with Crippen LogP contribution in [-0.4, -0.2) is 29.4 Å². The molecule has 0 aliphatic heterocycles. The van der Waals surface area contributed by atoms with Gasteiger partial charge in [0, 0.05) is 20.1 Å². The number of benzene rings is 1. The van der Waals surface area contributed by atoms with Gasteiger partial charge in [-0.25, -0.2) is 9.98 Å². The summed E-state index contributed by atoms with van der Waals surface area (Å²) in [6.07, 6.45) is 1.68. The second kappa shape index (κ2) is 8.48. The number of hydrogen-bond acceptors (Lipinski definition) is 4. The van der Waals surface area contributed by atoms with Crippen LogP contribution in [0.5, 0.6) is 0 Å². The summed E-state index contributed by atoms with van der Waals surface area (Å²) < 4.78 is 5.55. The highest BCUT2D eigenvalue weighted by Gasteiger charge is 2.09. The summed E-state index contributed by atoms with van der Waals surface area (Å²) in [7, 11) is 2.04. The fraction of sp³-hybridized carbons (Fsp3) is 0.263. The molecule has 0 fully saturated rings. The van der Waals surface area contributed by atoms with Gasteiger partial charge in [-0.3, -0.25) is 0 Å². The lowest BCUT2D eigenvalue weighted by Crippen LogP contribution is -2.38. The molecule has 3 rings (SSSR count). The monoisotopic (exact) mass is 354 g/mol. The first-order chi connectivity index (χ1) is 12.3. The molecule has 0 amide bonds. The first-order valence-corrected chi connectivity index (χ1v) is 9.16. The van der Waals surface area contributed by atoms with Crippen molar-refractivity contribution in [3.8, 4) is 10.8 Å². The van der Waals surface area contributed by atoms with Crippen molar-refractivity contribution in [3.63, 3.8) is 0 Å². The number of aromatic nitrogens is 1. The van der Waals surface area contributed by atoms with Gasteiger partial charge in [-0.15, -0.1) is 11.3 Å². The van der Waals surface area contributed by atoms with Crippen molar-refractivity contribution in [1.29, 1.82) is 0 Å². The standard InChI is InChI=1S/C19H22N4OS/c1-3-20-19(23(2)13-15-8-5-4-6-9-15)21-12-16-14-24-18(22-16)17-10-7-11-25-17/h4-11,14H,3,12-13H2,1-2H3,(H,20,21). The van der Waals surface area contributed by atoms with Crippen LogP contribution < -0.4 is 5.32 Å². The maximum Gasteiger partial charge on any atom is 0.236 e. The zero-order chi connectivity index (χ0) is 17.5. The number of aliphatic imine (C=N–C) groups is 1. The molecule has 0 saturated carbocycles. The van der Waals surface area contributed by atoms with Gasteiger partial charge in [-0.1, -0.05) is 36.4 Å². The molecule has 6 heteroatoms. The molecule has 0 radical (unpaired) electrons. The van der Waals surface area contributed by atoms with Gasteiger partial charge in [0.05, 0.1) is 11.4 Å². The van der Waals surface area contributed by atoms with Crippen LogP contribution in [0.2, 0.25) is 0 Å². The van der Waals surface area contributed by atoms with E-state index in [-0.39, 0.29) is 0 Å². The summed E-state index contributed by atoms with van der Waals surface area (Å²) in [5.74, 6) is 1.51. The van der Waals surface area contributed by atoms with Crippen LogP contribution in [0.15, 0.2) is 63.5 Å². The van der Waals surface area contributed by atoms with E-state index in [2.05, 4.69) is 51.4 Å². The van der Waals surface area contributed by atoms with Crippen LogP contribution in [0.3, 0.4) is 0 Å². The highest BCUT2D eigenvalue weighted by Crippen LogP contribution is 2.23. The van der Waals surface area contributed by atoms with Gasteiger partial charge >= 0.3 is 0 Å². The molecular weight excluding hydrogens is 332 g/mol. The van der Waals surface area contributed by atoms with Crippen LogP contribution in [0, 0.1) is 0 Å². The Morgan fingerprint density at radius 3 is 2.80 bits per heavy atom. The smallest absolute Gasteiger partial charge is 0.236 e. The molecule has 3 aromatic rings. The van der Waals surface area contributed by atoms with Crippen LogP contribution in [0.25, 0.3) is 10.8 Å². The summed E-state index contributed by atoms with van der Waals surface area (Å²) in [6.45, 7) is 4.16. The third-order valence-electron chi connectivity index (χ3n) is 3.63. The van der Waals surface area contributed by atoms with E-state index in [1.807, 2.05) is 30.6 Å². The molecule has 130 valence electrons. The molecule has 0 unspecified atom stereocenters. The third-order valence-corrected chi connectivity index (χ3v) is 4.49. The van der Waals surface area contributed by atoms with Crippen LogP contribution in [-0.2, 0) is 13.1 Å². The predicted molar refractivity (Wildman–Crippen MR) is 103 cm³/mol.